The summed E-state index contributed by atoms with van der Waals surface area (Å²) in [5, 5.41) is 18.5. The lowest BCUT2D eigenvalue weighted by Gasteiger charge is -2.15. The molecule has 0 aromatic carbocycles. The topological polar surface area (TPSA) is 76.2 Å². The maximum Gasteiger partial charge on any atom is 0.333 e. The molecule has 0 radical (unpaired) electrons. The summed E-state index contributed by atoms with van der Waals surface area (Å²) in [5.74, 6) is 0.506. The van der Waals surface area contributed by atoms with Crippen molar-refractivity contribution in [3.8, 4) is 0 Å². The van der Waals surface area contributed by atoms with Crippen LogP contribution in [0.15, 0.2) is 0 Å². The van der Waals surface area contributed by atoms with Gasteiger partial charge < -0.3 is 10.2 Å². The maximum absolute atomic E-state index is 11.1. The molecule has 1 saturated carbocycles. The van der Waals surface area contributed by atoms with E-state index in [-0.39, 0.29) is 10.6 Å². The highest BCUT2D eigenvalue weighted by Crippen LogP contribution is 2.28. The van der Waals surface area contributed by atoms with Crippen LogP contribution in [0.3, 0.4) is 0 Å². The lowest BCUT2D eigenvalue weighted by atomic mass is 10.3. The Morgan fingerprint density at radius 3 is 2.79 bits per heavy atom. The van der Waals surface area contributed by atoms with Crippen LogP contribution in [0.1, 0.15) is 25.5 Å². The second-order valence-corrected chi connectivity index (χ2v) is 5.02. The Morgan fingerprint density at radius 1 is 1.58 bits per heavy atom. The predicted molar refractivity (Wildman–Crippen MR) is 73.4 cm³/mol. The molecule has 2 rings (SSSR count). The minimum atomic E-state index is -0.348. The number of aryl methyl sites for hydroxylation is 2. The Balaban J connectivity index is 2.01. The molecule has 0 amide bonds. The number of likely N-dealkylation sites (N-methyl/N-ethyl adjacent to an activating group) is 1. The number of aromatic nitrogens is 2. The Kier molecular flexibility index (Phi) is 4.04. The average Bonchev–Trinajstić information content (AvgIpc) is 3.15. The monoisotopic (exact) mass is 267 g/mol. The molecule has 1 aromatic heterocycles. The average molecular weight is 267 g/mol. The predicted octanol–water partition coefficient (Wildman–Crippen LogP) is 1.40. The van der Waals surface area contributed by atoms with Crippen molar-refractivity contribution in [1.82, 2.24) is 14.7 Å². The smallest absolute Gasteiger partial charge is 0.333 e. The third kappa shape index (κ3) is 3.04. The summed E-state index contributed by atoms with van der Waals surface area (Å²) in [6.07, 6.45) is 3.10. The van der Waals surface area contributed by atoms with Crippen molar-refractivity contribution in [2.45, 2.75) is 32.2 Å². The number of anilines is 1. The fraction of sp³-hybridized carbons (Fsp3) is 0.750. The molecule has 0 atom stereocenters. The Morgan fingerprint density at radius 2 is 2.26 bits per heavy atom. The third-order valence-corrected chi connectivity index (χ3v) is 3.54. The lowest BCUT2D eigenvalue weighted by molar-refractivity contribution is -0.384. The SMILES string of the molecule is CCc1nn(C)c(NCCN(C)C2CC2)c1[N+](=O)[O-]. The van der Waals surface area contributed by atoms with E-state index in [1.165, 1.54) is 12.8 Å². The van der Waals surface area contributed by atoms with Gasteiger partial charge in [-0.3, -0.25) is 10.1 Å². The van der Waals surface area contributed by atoms with Crippen molar-refractivity contribution in [3.63, 3.8) is 0 Å². The number of rotatable bonds is 7. The maximum atomic E-state index is 11.1. The van der Waals surface area contributed by atoms with Gasteiger partial charge in [0, 0.05) is 26.2 Å². The fourth-order valence-corrected chi connectivity index (χ4v) is 2.25. The van der Waals surface area contributed by atoms with Crippen molar-refractivity contribution in [1.29, 1.82) is 0 Å². The first kappa shape index (κ1) is 13.8. The highest BCUT2D eigenvalue weighted by atomic mass is 16.6. The van der Waals surface area contributed by atoms with Crippen LogP contribution in [0.5, 0.6) is 0 Å². The summed E-state index contributed by atoms with van der Waals surface area (Å²) >= 11 is 0. The largest absolute Gasteiger partial charge is 0.363 e. The quantitative estimate of drug-likeness (QED) is 0.597. The van der Waals surface area contributed by atoms with Gasteiger partial charge in [-0.25, -0.2) is 4.68 Å². The van der Waals surface area contributed by atoms with E-state index in [2.05, 4.69) is 22.4 Å². The molecule has 1 N–H and O–H groups in total. The third-order valence-electron chi connectivity index (χ3n) is 3.54. The van der Waals surface area contributed by atoms with Crippen LogP contribution in [0.4, 0.5) is 11.5 Å². The Hall–Kier alpha value is -1.63. The van der Waals surface area contributed by atoms with E-state index in [4.69, 9.17) is 0 Å². The highest BCUT2D eigenvalue weighted by molar-refractivity contribution is 5.59. The summed E-state index contributed by atoms with van der Waals surface area (Å²) in [5.41, 5.74) is 0.643. The van der Waals surface area contributed by atoms with Gasteiger partial charge in [-0.05, 0) is 26.3 Å². The Bertz CT molecular complexity index is 467. The normalized spacial score (nSPS) is 14.9. The van der Waals surface area contributed by atoms with Crippen LogP contribution in [0, 0.1) is 10.1 Å². The highest BCUT2D eigenvalue weighted by Gasteiger charge is 2.27. The van der Waals surface area contributed by atoms with E-state index >= 15 is 0 Å². The van der Waals surface area contributed by atoms with Gasteiger partial charge in [-0.1, -0.05) is 6.92 Å². The summed E-state index contributed by atoms with van der Waals surface area (Å²) in [4.78, 5) is 13.1. The summed E-state index contributed by atoms with van der Waals surface area (Å²) in [7, 11) is 3.83. The van der Waals surface area contributed by atoms with Crippen LogP contribution in [-0.2, 0) is 13.5 Å². The molecule has 19 heavy (non-hydrogen) atoms. The van der Waals surface area contributed by atoms with E-state index in [0.29, 0.717) is 30.5 Å². The van der Waals surface area contributed by atoms with Gasteiger partial charge in [0.2, 0.25) is 5.82 Å². The zero-order chi connectivity index (χ0) is 14.0. The molecular weight excluding hydrogens is 246 g/mol. The molecule has 1 fully saturated rings. The standard InChI is InChI=1S/C12H21N5O2/c1-4-10-11(17(18)19)12(16(3)14-10)13-7-8-15(2)9-5-6-9/h9,13H,4-8H2,1-3H3. The molecule has 0 aliphatic heterocycles. The molecule has 0 saturated heterocycles. The van der Waals surface area contributed by atoms with Crippen molar-refractivity contribution in [2.75, 3.05) is 25.5 Å². The van der Waals surface area contributed by atoms with Crippen LogP contribution in [0.2, 0.25) is 0 Å². The first-order chi connectivity index (χ1) is 9.04. The molecule has 1 heterocycles. The zero-order valence-corrected chi connectivity index (χ0v) is 11.7. The van der Waals surface area contributed by atoms with Gasteiger partial charge in [0.05, 0.1) is 4.92 Å². The minimum absolute atomic E-state index is 0.110. The molecule has 0 spiro atoms. The van der Waals surface area contributed by atoms with E-state index in [1.54, 1.807) is 11.7 Å². The van der Waals surface area contributed by atoms with Gasteiger partial charge in [0.25, 0.3) is 0 Å². The van der Waals surface area contributed by atoms with Gasteiger partial charge in [0.15, 0.2) is 0 Å². The zero-order valence-electron chi connectivity index (χ0n) is 11.7. The second kappa shape index (κ2) is 5.56. The fourth-order valence-electron chi connectivity index (χ4n) is 2.25. The number of hydrogen-bond donors (Lipinski definition) is 1. The molecule has 106 valence electrons. The van der Waals surface area contributed by atoms with E-state index in [0.717, 1.165) is 6.54 Å². The van der Waals surface area contributed by atoms with E-state index in [1.807, 2.05) is 6.92 Å². The van der Waals surface area contributed by atoms with Crippen LogP contribution < -0.4 is 5.32 Å². The van der Waals surface area contributed by atoms with Gasteiger partial charge in [-0.2, -0.15) is 5.10 Å². The van der Waals surface area contributed by atoms with Crippen LogP contribution in [-0.4, -0.2) is 45.8 Å². The van der Waals surface area contributed by atoms with Crippen LogP contribution >= 0.6 is 0 Å². The van der Waals surface area contributed by atoms with Crippen molar-refractivity contribution in [2.24, 2.45) is 7.05 Å². The van der Waals surface area contributed by atoms with Gasteiger partial charge in [-0.15, -0.1) is 0 Å². The molecule has 7 nitrogen and oxygen atoms in total. The second-order valence-electron chi connectivity index (χ2n) is 5.02. The van der Waals surface area contributed by atoms with E-state index < -0.39 is 0 Å². The van der Waals surface area contributed by atoms with Crippen molar-refractivity contribution >= 4 is 11.5 Å². The minimum Gasteiger partial charge on any atom is -0.363 e. The first-order valence-electron chi connectivity index (χ1n) is 6.69. The molecule has 1 aliphatic carbocycles. The number of nitro groups is 1. The van der Waals surface area contributed by atoms with Crippen molar-refractivity contribution in [3.05, 3.63) is 15.8 Å². The van der Waals surface area contributed by atoms with Gasteiger partial charge >= 0.3 is 5.69 Å². The molecular formula is C12H21N5O2. The Labute approximate surface area is 112 Å². The summed E-state index contributed by atoms with van der Waals surface area (Å²) in [6, 6.07) is 0.703. The van der Waals surface area contributed by atoms with Gasteiger partial charge in [0.1, 0.15) is 5.69 Å². The van der Waals surface area contributed by atoms with E-state index in [9.17, 15) is 10.1 Å². The number of nitrogens with one attached hydrogen (secondary N) is 1. The molecule has 1 aromatic rings. The number of nitrogens with zero attached hydrogens (tertiary/aromatic N) is 4. The molecule has 1 aliphatic rings. The lowest BCUT2D eigenvalue weighted by Crippen LogP contribution is -2.27. The molecule has 7 heteroatoms. The summed E-state index contributed by atoms with van der Waals surface area (Å²) < 4.78 is 1.56. The first-order valence-corrected chi connectivity index (χ1v) is 6.69. The molecule has 0 unspecified atom stereocenters. The molecule has 0 bridgehead atoms. The van der Waals surface area contributed by atoms with Crippen molar-refractivity contribution < 1.29 is 4.92 Å². The summed E-state index contributed by atoms with van der Waals surface area (Å²) in [6.45, 7) is 3.45. The van der Waals surface area contributed by atoms with Crippen LogP contribution in [0.25, 0.3) is 0 Å². The number of hydrogen-bond acceptors (Lipinski definition) is 5.